The number of fused-ring (bicyclic) bond motifs is 1. The molecule has 5 heteroatoms. The summed E-state index contributed by atoms with van der Waals surface area (Å²) in [5.41, 5.74) is 2.76. The summed E-state index contributed by atoms with van der Waals surface area (Å²) in [4.78, 5) is 18.4. The molecule has 1 heterocycles. The van der Waals surface area contributed by atoms with Crippen LogP contribution >= 0.6 is 11.6 Å². The van der Waals surface area contributed by atoms with Gasteiger partial charge in [-0.05, 0) is 30.3 Å². The number of imidazole rings is 1. The Morgan fingerprint density at radius 3 is 2.58 bits per heavy atom. The molecular weight excluding hydrogens is 264 g/mol. The summed E-state index contributed by atoms with van der Waals surface area (Å²) in [6.07, 6.45) is 0. The second kappa shape index (κ2) is 4.40. The first-order chi connectivity index (χ1) is 9.13. The number of nitrogens with zero attached hydrogens (tertiary/aromatic N) is 1. The lowest BCUT2D eigenvalue weighted by atomic mass is 10.1. The number of hydrogen-bond donors (Lipinski definition) is 2. The molecule has 0 unspecified atom stereocenters. The number of carbonyl (C=O) groups is 1. The van der Waals surface area contributed by atoms with Crippen LogP contribution in [0.5, 0.6) is 0 Å². The first kappa shape index (κ1) is 11.7. The van der Waals surface area contributed by atoms with Gasteiger partial charge in [-0.3, -0.25) is 0 Å². The van der Waals surface area contributed by atoms with Crippen LogP contribution in [0.25, 0.3) is 22.4 Å². The summed E-state index contributed by atoms with van der Waals surface area (Å²) < 4.78 is 0. The number of nitrogens with one attached hydrogen (secondary N) is 1. The number of rotatable bonds is 2. The smallest absolute Gasteiger partial charge is 0.335 e. The number of aromatic amines is 1. The van der Waals surface area contributed by atoms with Crippen LogP contribution in [0.2, 0.25) is 5.02 Å². The fourth-order valence-corrected chi connectivity index (χ4v) is 2.05. The summed E-state index contributed by atoms with van der Waals surface area (Å²) in [5.74, 6) is -0.253. The van der Waals surface area contributed by atoms with Gasteiger partial charge in [-0.25, -0.2) is 9.78 Å². The standard InChI is InChI=1S/C14H9ClN2O2/c15-10-5-6-11-12(7-10)17-13(16-11)8-1-3-9(4-2-8)14(18)19/h1-7H,(H,16,17)(H,18,19). The van der Waals surface area contributed by atoms with Gasteiger partial charge in [0, 0.05) is 10.6 Å². The number of benzene rings is 2. The minimum atomic E-state index is -0.942. The normalized spacial score (nSPS) is 10.8. The minimum Gasteiger partial charge on any atom is -0.478 e. The summed E-state index contributed by atoms with van der Waals surface area (Å²) in [5, 5.41) is 9.48. The molecule has 2 N–H and O–H groups in total. The molecule has 4 nitrogen and oxygen atoms in total. The minimum absolute atomic E-state index is 0.253. The molecule has 3 aromatic rings. The van der Waals surface area contributed by atoms with Crippen molar-refractivity contribution in [3.8, 4) is 11.4 Å². The first-order valence-electron chi connectivity index (χ1n) is 5.62. The predicted molar refractivity (Wildman–Crippen MR) is 73.5 cm³/mol. The maximum atomic E-state index is 10.8. The molecule has 0 radical (unpaired) electrons. The van der Waals surface area contributed by atoms with Crippen molar-refractivity contribution in [3.05, 3.63) is 53.1 Å². The zero-order valence-electron chi connectivity index (χ0n) is 9.72. The molecule has 0 saturated carbocycles. The maximum Gasteiger partial charge on any atom is 0.335 e. The lowest BCUT2D eigenvalue weighted by Crippen LogP contribution is -1.95. The second-order valence-electron chi connectivity index (χ2n) is 4.13. The Bertz CT molecular complexity index is 763. The van der Waals surface area contributed by atoms with E-state index in [0.717, 1.165) is 16.6 Å². The molecule has 0 bridgehead atoms. The molecule has 0 aliphatic heterocycles. The Balaban J connectivity index is 2.06. The quantitative estimate of drug-likeness (QED) is 0.749. The van der Waals surface area contributed by atoms with Gasteiger partial charge in [-0.1, -0.05) is 23.7 Å². The van der Waals surface area contributed by atoms with Crippen molar-refractivity contribution in [1.82, 2.24) is 9.97 Å². The van der Waals surface area contributed by atoms with Crippen LogP contribution < -0.4 is 0 Å². The van der Waals surface area contributed by atoms with Crippen LogP contribution in [0, 0.1) is 0 Å². The van der Waals surface area contributed by atoms with E-state index in [1.807, 2.05) is 6.07 Å². The zero-order valence-corrected chi connectivity index (χ0v) is 10.5. The number of H-pyrrole nitrogens is 1. The van der Waals surface area contributed by atoms with Crippen LogP contribution in [0.4, 0.5) is 0 Å². The molecule has 0 atom stereocenters. The van der Waals surface area contributed by atoms with E-state index in [9.17, 15) is 4.79 Å². The van der Waals surface area contributed by atoms with Crippen molar-refractivity contribution in [2.45, 2.75) is 0 Å². The summed E-state index contributed by atoms with van der Waals surface area (Å²) in [6, 6.07) is 12.0. The highest BCUT2D eigenvalue weighted by Crippen LogP contribution is 2.23. The SMILES string of the molecule is O=C(O)c1ccc(-c2nc3cc(Cl)ccc3[nH]2)cc1. The fourth-order valence-electron chi connectivity index (χ4n) is 1.89. The van der Waals surface area contributed by atoms with Crippen molar-refractivity contribution < 1.29 is 9.90 Å². The van der Waals surface area contributed by atoms with E-state index in [4.69, 9.17) is 16.7 Å². The largest absolute Gasteiger partial charge is 0.478 e. The average Bonchev–Trinajstić information content (AvgIpc) is 2.81. The van der Waals surface area contributed by atoms with Gasteiger partial charge in [0.1, 0.15) is 5.82 Å². The molecule has 0 fully saturated rings. The van der Waals surface area contributed by atoms with Gasteiger partial charge >= 0.3 is 5.97 Å². The lowest BCUT2D eigenvalue weighted by molar-refractivity contribution is 0.0697. The monoisotopic (exact) mass is 272 g/mol. The van der Waals surface area contributed by atoms with Crippen LogP contribution in [0.15, 0.2) is 42.5 Å². The van der Waals surface area contributed by atoms with Gasteiger partial charge < -0.3 is 10.1 Å². The van der Waals surface area contributed by atoms with Crippen LogP contribution in [0.3, 0.4) is 0 Å². The molecule has 0 aliphatic rings. The fraction of sp³-hybridized carbons (Fsp3) is 0. The van der Waals surface area contributed by atoms with E-state index in [1.165, 1.54) is 0 Å². The second-order valence-corrected chi connectivity index (χ2v) is 4.57. The Morgan fingerprint density at radius 2 is 1.89 bits per heavy atom. The Hall–Kier alpha value is -2.33. The zero-order chi connectivity index (χ0) is 13.4. The summed E-state index contributed by atoms with van der Waals surface area (Å²) in [6.45, 7) is 0. The number of hydrogen-bond acceptors (Lipinski definition) is 2. The van der Waals surface area contributed by atoms with Crippen molar-refractivity contribution in [3.63, 3.8) is 0 Å². The number of halogens is 1. The molecule has 0 saturated heterocycles. The molecule has 19 heavy (non-hydrogen) atoms. The molecule has 0 aliphatic carbocycles. The third-order valence-corrected chi connectivity index (χ3v) is 3.09. The maximum absolute atomic E-state index is 10.8. The Labute approximate surface area is 113 Å². The molecule has 94 valence electrons. The van der Waals surface area contributed by atoms with Crippen molar-refractivity contribution in [2.75, 3.05) is 0 Å². The third kappa shape index (κ3) is 2.18. The third-order valence-electron chi connectivity index (χ3n) is 2.85. The van der Waals surface area contributed by atoms with Gasteiger partial charge in [0.05, 0.1) is 16.6 Å². The summed E-state index contributed by atoms with van der Waals surface area (Å²) in [7, 11) is 0. The topological polar surface area (TPSA) is 66.0 Å². The number of aromatic nitrogens is 2. The number of carboxylic acid groups (broad SMARTS) is 1. The van der Waals surface area contributed by atoms with Gasteiger partial charge in [0.15, 0.2) is 0 Å². The lowest BCUT2D eigenvalue weighted by Gasteiger charge is -1.97. The first-order valence-corrected chi connectivity index (χ1v) is 6.00. The molecule has 0 amide bonds. The molecule has 3 rings (SSSR count). The van der Waals surface area contributed by atoms with Crippen LogP contribution in [0.1, 0.15) is 10.4 Å². The van der Waals surface area contributed by atoms with Gasteiger partial charge in [0.2, 0.25) is 0 Å². The predicted octanol–water partition coefficient (Wildman–Crippen LogP) is 3.58. The van der Waals surface area contributed by atoms with Crippen LogP contribution in [-0.4, -0.2) is 21.0 Å². The highest BCUT2D eigenvalue weighted by molar-refractivity contribution is 6.31. The van der Waals surface area contributed by atoms with E-state index in [1.54, 1.807) is 36.4 Å². The van der Waals surface area contributed by atoms with E-state index < -0.39 is 5.97 Å². The molecule has 1 aromatic heterocycles. The van der Waals surface area contributed by atoms with E-state index in [-0.39, 0.29) is 5.56 Å². The molecule has 2 aromatic carbocycles. The Morgan fingerprint density at radius 1 is 1.16 bits per heavy atom. The van der Waals surface area contributed by atoms with Gasteiger partial charge in [0.25, 0.3) is 0 Å². The van der Waals surface area contributed by atoms with Gasteiger partial charge in [-0.2, -0.15) is 0 Å². The molecular formula is C14H9ClN2O2. The number of carboxylic acids is 1. The van der Waals surface area contributed by atoms with Gasteiger partial charge in [-0.15, -0.1) is 0 Å². The van der Waals surface area contributed by atoms with Crippen LogP contribution in [-0.2, 0) is 0 Å². The van der Waals surface area contributed by atoms with E-state index in [0.29, 0.717) is 10.8 Å². The Kier molecular flexibility index (Phi) is 2.72. The van der Waals surface area contributed by atoms with Crippen molar-refractivity contribution >= 4 is 28.6 Å². The highest BCUT2D eigenvalue weighted by Gasteiger charge is 2.07. The summed E-state index contributed by atoms with van der Waals surface area (Å²) >= 11 is 5.91. The van der Waals surface area contributed by atoms with E-state index >= 15 is 0 Å². The van der Waals surface area contributed by atoms with Crippen molar-refractivity contribution in [1.29, 1.82) is 0 Å². The highest BCUT2D eigenvalue weighted by atomic mass is 35.5. The van der Waals surface area contributed by atoms with E-state index in [2.05, 4.69) is 9.97 Å². The average molecular weight is 273 g/mol. The van der Waals surface area contributed by atoms with Crippen molar-refractivity contribution in [2.24, 2.45) is 0 Å². The molecule has 0 spiro atoms. The number of aromatic carboxylic acids is 1.